The molecule has 0 saturated carbocycles. The van der Waals surface area contributed by atoms with Crippen molar-refractivity contribution in [3.63, 3.8) is 0 Å². The molecule has 1 aliphatic rings. The van der Waals surface area contributed by atoms with Gasteiger partial charge in [0.15, 0.2) is 0 Å². The quantitative estimate of drug-likeness (QED) is 0.777. The van der Waals surface area contributed by atoms with E-state index in [1.807, 2.05) is 0 Å². The number of carbonyl (C=O) groups excluding carboxylic acids is 1. The fraction of sp³-hybridized carbons (Fsp3) is 0.381. The van der Waals surface area contributed by atoms with Crippen LogP contribution < -0.4 is 15.0 Å². The first-order chi connectivity index (χ1) is 13.3. The number of halogens is 3. The van der Waals surface area contributed by atoms with Crippen molar-refractivity contribution in [3.8, 4) is 5.75 Å². The van der Waals surface area contributed by atoms with E-state index in [2.05, 4.69) is 12.2 Å². The van der Waals surface area contributed by atoms with Gasteiger partial charge in [-0.3, -0.25) is 4.79 Å². The van der Waals surface area contributed by atoms with Crippen molar-refractivity contribution in [1.82, 2.24) is 0 Å². The summed E-state index contributed by atoms with van der Waals surface area (Å²) < 4.78 is 46.1. The van der Waals surface area contributed by atoms with Crippen LogP contribution >= 0.6 is 0 Å². The van der Waals surface area contributed by atoms with E-state index in [9.17, 15) is 18.0 Å². The number of rotatable bonds is 4. The SMILES string of the molecule is COc1cccc(NC(=O)c2ccc(N3CCC(C)CC3)c(C(F)(F)F)c2)c1. The van der Waals surface area contributed by atoms with Crippen LogP contribution in [-0.4, -0.2) is 26.1 Å². The standard InChI is InChI=1S/C21H23F3N2O2/c1-14-8-10-26(11-9-14)19-7-6-15(12-18(19)21(22,23)24)20(27)25-16-4-3-5-17(13-16)28-2/h3-7,12-14H,8-11H2,1-2H3,(H,25,27). The topological polar surface area (TPSA) is 41.6 Å². The second kappa shape index (κ2) is 8.12. The molecule has 1 saturated heterocycles. The number of piperidine rings is 1. The third-order valence-corrected chi connectivity index (χ3v) is 5.02. The molecule has 0 unspecified atom stereocenters. The number of benzene rings is 2. The van der Waals surface area contributed by atoms with Crippen LogP contribution in [0.1, 0.15) is 35.7 Å². The lowest BCUT2D eigenvalue weighted by Gasteiger charge is -2.34. The maximum Gasteiger partial charge on any atom is 0.418 e. The van der Waals surface area contributed by atoms with Crippen LogP contribution in [0.2, 0.25) is 0 Å². The lowest BCUT2D eigenvalue weighted by molar-refractivity contribution is -0.137. The molecule has 2 aromatic carbocycles. The van der Waals surface area contributed by atoms with Crippen LogP contribution in [0.5, 0.6) is 5.75 Å². The molecule has 150 valence electrons. The van der Waals surface area contributed by atoms with E-state index in [-0.39, 0.29) is 11.3 Å². The summed E-state index contributed by atoms with van der Waals surface area (Å²) in [6, 6.07) is 10.4. The minimum atomic E-state index is -4.54. The molecule has 0 aromatic heterocycles. The highest BCUT2D eigenvalue weighted by atomic mass is 19.4. The molecule has 0 radical (unpaired) electrons. The molecule has 0 atom stereocenters. The molecule has 0 bridgehead atoms. The summed E-state index contributed by atoms with van der Waals surface area (Å²) >= 11 is 0. The van der Waals surface area contributed by atoms with Crippen molar-refractivity contribution in [2.24, 2.45) is 5.92 Å². The molecule has 4 nitrogen and oxygen atoms in total. The van der Waals surface area contributed by atoms with Crippen LogP contribution in [0.25, 0.3) is 0 Å². The van der Waals surface area contributed by atoms with Gasteiger partial charge in [0.05, 0.1) is 12.7 Å². The zero-order valence-electron chi connectivity index (χ0n) is 15.8. The van der Waals surface area contributed by atoms with Gasteiger partial charge in [0.25, 0.3) is 5.91 Å². The fourth-order valence-corrected chi connectivity index (χ4v) is 3.33. The van der Waals surface area contributed by atoms with Gasteiger partial charge in [-0.25, -0.2) is 0 Å². The lowest BCUT2D eigenvalue weighted by Crippen LogP contribution is -2.34. The summed E-state index contributed by atoms with van der Waals surface area (Å²) in [6.07, 6.45) is -2.82. The molecule has 1 amide bonds. The molecule has 1 aliphatic heterocycles. The molecule has 3 rings (SSSR count). The largest absolute Gasteiger partial charge is 0.497 e. The first-order valence-electron chi connectivity index (χ1n) is 9.19. The molecule has 0 aliphatic carbocycles. The normalized spacial score (nSPS) is 15.4. The van der Waals surface area contributed by atoms with Crippen molar-refractivity contribution >= 4 is 17.3 Å². The number of methoxy groups -OCH3 is 1. The number of hydrogen-bond acceptors (Lipinski definition) is 3. The molecular weight excluding hydrogens is 369 g/mol. The zero-order valence-corrected chi connectivity index (χ0v) is 15.8. The van der Waals surface area contributed by atoms with E-state index in [0.29, 0.717) is 30.4 Å². The molecule has 7 heteroatoms. The Morgan fingerprint density at radius 1 is 1.14 bits per heavy atom. The Morgan fingerprint density at radius 2 is 1.86 bits per heavy atom. The van der Waals surface area contributed by atoms with Crippen molar-refractivity contribution < 1.29 is 22.7 Å². The summed E-state index contributed by atoms with van der Waals surface area (Å²) in [6.45, 7) is 3.27. The van der Waals surface area contributed by atoms with E-state index in [1.165, 1.54) is 19.2 Å². The summed E-state index contributed by atoms with van der Waals surface area (Å²) in [7, 11) is 1.50. The minimum absolute atomic E-state index is 0.0377. The number of nitrogens with zero attached hydrogens (tertiary/aromatic N) is 1. The van der Waals surface area contributed by atoms with Gasteiger partial charge in [0.1, 0.15) is 5.75 Å². The second-order valence-corrected chi connectivity index (χ2v) is 7.09. The van der Waals surface area contributed by atoms with Crippen LogP contribution in [0.15, 0.2) is 42.5 Å². The van der Waals surface area contributed by atoms with Crippen molar-refractivity contribution in [2.75, 3.05) is 30.4 Å². The third kappa shape index (κ3) is 4.58. The Kier molecular flexibility index (Phi) is 5.82. The minimum Gasteiger partial charge on any atom is -0.497 e. The first-order valence-corrected chi connectivity index (χ1v) is 9.19. The number of amides is 1. The summed E-state index contributed by atoms with van der Waals surface area (Å²) in [5.41, 5.74) is -0.228. The van der Waals surface area contributed by atoms with Crippen LogP contribution in [-0.2, 0) is 6.18 Å². The number of ether oxygens (including phenoxy) is 1. The first kappa shape index (κ1) is 20.0. The molecule has 2 aromatic rings. The molecular formula is C21H23F3N2O2. The van der Waals surface area contributed by atoms with Crippen molar-refractivity contribution in [1.29, 1.82) is 0 Å². The van der Waals surface area contributed by atoms with Gasteiger partial charge in [-0.05, 0) is 49.1 Å². The molecule has 28 heavy (non-hydrogen) atoms. The van der Waals surface area contributed by atoms with Crippen LogP contribution in [0.3, 0.4) is 0 Å². The summed E-state index contributed by atoms with van der Waals surface area (Å²) in [5.74, 6) is 0.458. The number of hydrogen-bond donors (Lipinski definition) is 1. The van der Waals surface area contributed by atoms with E-state index in [0.717, 1.165) is 18.9 Å². The Balaban J connectivity index is 1.86. The second-order valence-electron chi connectivity index (χ2n) is 7.09. The highest BCUT2D eigenvalue weighted by Gasteiger charge is 2.36. The average molecular weight is 392 g/mol. The van der Waals surface area contributed by atoms with E-state index < -0.39 is 17.6 Å². The van der Waals surface area contributed by atoms with Gasteiger partial charge in [-0.15, -0.1) is 0 Å². The van der Waals surface area contributed by atoms with Crippen LogP contribution in [0.4, 0.5) is 24.5 Å². The zero-order chi connectivity index (χ0) is 20.3. The van der Waals surface area contributed by atoms with Gasteiger partial charge in [0.2, 0.25) is 0 Å². The monoisotopic (exact) mass is 392 g/mol. The molecule has 1 N–H and O–H groups in total. The molecule has 1 fully saturated rings. The van der Waals surface area contributed by atoms with Crippen molar-refractivity contribution in [2.45, 2.75) is 25.9 Å². The number of nitrogens with one attached hydrogen (secondary N) is 1. The van der Waals surface area contributed by atoms with E-state index >= 15 is 0 Å². The van der Waals surface area contributed by atoms with Gasteiger partial charge in [-0.1, -0.05) is 13.0 Å². The van der Waals surface area contributed by atoms with Crippen molar-refractivity contribution in [3.05, 3.63) is 53.6 Å². The maximum absolute atomic E-state index is 13.7. The van der Waals surface area contributed by atoms with Gasteiger partial charge >= 0.3 is 6.18 Å². The lowest BCUT2D eigenvalue weighted by atomic mass is 9.97. The average Bonchev–Trinajstić information content (AvgIpc) is 2.67. The third-order valence-electron chi connectivity index (χ3n) is 5.02. The molecule has 0 spiro atoms. The van der Waals surface area contributed by atoms with Gasteiger partial charge < -0.3 is 15.0 Å². The highest BCUT2D eigenvalue weighted by Crippen LogP contribution is 2.38. The predicted molar refractivity (Wildman–Crippen MR) is 103 cm³/mol. The number of carbonyl (C=O) groups is 1. The van der Waals surface area contributed by atoms with E-state index in [4.69, 9.17) is 4.74 Å². The fourth-order valence-electron chi connectivity index (χ4n) is 3.33. The Hall–Kier alpha value is -2.70. The van der Waals surface area contributed by atoms with Gasteiger partial charge in [-0.2, -0.15) is 13.2 Å². The smallest absolute Gasteiger partial charge is 0.418 e. The predicted octanol–water partition coefficient (Wildman–Crippen LogP) is 5.20. The summed E-state index contributed by atoms with van der Waals surface area (Å²) in [4.78, 5) is 14.2. The Morgan fingerprint density at radius 3 is 2.50 bits per heavy atom. The molecule has 1 heterocycles. The van der Waals surface area contributed by atoms with Crippen LogP contribution in [0, 0.1) is 5.92 Å². The number of anilines is 2. The Bertz CT molecular complexity index is 844. The Labute approximate surface area is 162 Å². The van der Waals surface area contributed by atoms with Gasteiger partial charge in [0, 0.05) is 36.1 Å². The van der Waals surface area contributed by atoms with E-state index in [1.54, 1.807) is 29.2 Å². The maximum atomic E-state index is 13.7. The highest BCUT2D eigenvalue weighted by molar-refractivity contribution is 6.04. The number of alkyl halides is 3. The summed E-state index contributed by atoms with van der Waals surface area (Å²) in [5, 5.41) is 2.62.